The molecule has 0 unspecified atom stereocenters. The Kier molecular flexibility index (Phi) is 4.78. The molecule has 0 atom stereocenters. The van der Waals surface area contributed by atoms with Crippen LogP contribution in [0, 0.1) is 18.3 Å². The molecule has 0 aliphatic rings. The number of nitrogens with one attached hydrogen (secondary N) is 1. The SMILES string of the molecule is Cc1ccc2nc(/C(C#N)=C\c3cc(Cl)ccc3OC(C)C)[nH]c2c1. The van der Waals surface area contributed by atoms with E-state index in [2.05, 4.69) is 16.0 Å². The van der Waals surface area contributed by atoms with E-state index in [0.717, 1.165) is 22.2 Å². The van der Waals surface area contributed by atoms with Crippen LogP contribution in [-0.2, 0) is 0 Å². The van der Waals surface area contributed by atoms with Gasteiger partial charge in [-0.2, -0.15) is 5.26 Å². The Hall–Kier alpha value is -2.77. The quantitative estimate of drug-likeness (QED) is 0.642. The van der Waals surface area contributed by atoms with E-state index in [4.69, 9.17) is 16.3 Å². The zero-order valence-corrected chi connectivity index (χ0v) is 15.1. The van der Waals surface area contributed by atoms with Gasteiger partial charge in [0.1, 0.15) is 17.6 Å². The minimum absolute atomic E-state index is 0.0213. The second-order valence-electron chi connectivity index (χ2n) is 6.12. The zero-order valence-electron chi connectivity index (χ0n) is 14.3. The molecule has 1 N–H and O–H groups in total. The van der Waals surface area contributed by atoms with Gasteiger partial charge in [0.15, 0.2) is 0 Å². The number of halogens is 1. The van der Waals surface area contributed by atoms with Crippen LogP contribution in [0.3, 0.4) is 0 Å². The maximum absolute atomic E-state index is 9.61. The van der Waals surface area contributed by atoms with E-state index in [0.29, 0.717) is 22.2 Å². The number of aryl methyl sites for hydroxylation is 1. The fourth-order valence-corrected chi connectivity index (χ4v) is 2.73. The molecular weight excluding hydrogens is 334 g/mol. The molecule has 0 radical (unpaired) electrons. The Labute approximate surface area is 151 Å². The predicted molar refractivity (Wildman–Crippen MR) is 102 cm³/mol. The number of aromatic amines is 1. The van der Waals surface area contributed by atoms with Crippen molar-refractivity contribution in [2.24, 2.45) is 0 Å². The lowest BCUT2D eigenvalue weighted by Crippen LogP contribution is -2.06. The molecule has 1 heterocycles. The van der Waals surface area contributed by atoms with Gasteiger partial charge in [-0.25, -0.2) is 4.98 Å². The lowest BCUT2D eigenvalue weighted by molar-refractivity contribution is 0.242. The van der Waals surface area contributed by atoms with E-state index in [1.807, 2.05) is 45.0 Å². The Balaban J connectivity index is 2.08. The average Bonchev–Trinajstić information content (AvgIpc) is 2.97. The molecule has 0 amide bonds. The lowest BCUT2D eigenvalue weighted by atomic mass is 10.1. The third-order valence-corrected chi connectivity index (χ3v) is 3.88. The number of hydrogen-bond acceptors (Lipinski definition) is 3. The molecule has 0 bridgehead atoms. The molecule has 0 saturated heterocycles. The Morgan fingerprint density at radius 2 is 2.08 bits per heavy atom. The van der Waals surface area contributed by atoms with Crippen molar-refractivity contribution >= 4 is 34.3 Å². The van der Waals surface area contributed by atoms with Crippen molar-refractivity contribution in [2.75, 3.05) is 0 Å². The van der Waals surface area contributed by atoms with Crippen molar-refractivity contribution in [2.45, 2.75) is 26.9 Å². The fraction of sp³-hybridized carbons (Fsp3) is 0.200. The van der Waals surface area contributed by atoms with Gasteiger partial charge in [0, 0.05) is 10.6 Å². The van der Waals surface area contributed by atoms with Gasteiger partial charge in [-0.1, -0.05) is 17.7 Å². The normalized spacial score (nSPS) is 11.8. The van der Waals surface area contributed by atoms with Crippen LogP contribution in [0.1, 0.15) is 30.8 Å². The summed E-state index contributed by atoms with van der Waals surface area (Å²) in [5.41, 5.74) is 4.03. The molecule has 0 aliphatic heterocycles. The van der Waals surface area contributed by atoms with E-state index in [1.54, 1.807) is 18.2 Å². The summed E-state index contributed by atoms with van der Waals surface area (Å²) in [5.74, 6) is 1.21. The van der Waals surface area contributed by atoms with Crippen molar-refractivity contribution in [1.29, 1.82) is 5.26 Å². The number of nitriles is 1. The Bertz CT molecular complexity index is 996. The molecule has 2 aromatic carbocycles. The summed E-state index contributed by atoms with van der Waals surface area (Å²) in [6, 6.07) is 13.5. The highest BCUT2D eigenvalue weighted by atomic mass is 35.5. The van der Waals surface area contributed by atoms with Crippen molar-refractivity contribution < 1.29 is 4.74 Å². The molecule has 25 heavy (non-hydrogen) atoms. The highest BCUT2D eigenvalue weighted by molar-refractivity contribution is 6.30. The summed E-state index contributed by atoms with van der Waals surface area (Å²) in [6.07, 6.45) is 1.77. The van der Waals surface area contributed by atoms with Crippen molar-refractivity contribution in [1.82, 2.24) is 9.97 Å². The highest BCUT2D eigenvalue weighted by Gasteiger charge is 2.11. The van der Waals surface area contributed by atoms with Crippen LogP contribution in [0.15, 0.2) is 36.4 Å². The van der Waals surface area contributed by atoms with Crippen molar-refractivity contribution in [3.63, 3.8) is 0 Å². The molecule has 126 valence electrons. The summed E-state index contributed by atoms with van der Waals surface area (Å²) in [6.45, 7) is 5.92. The molecule has 3 aromatic rings. The molecule has 3 rings (SSSR count). The molecule has 4 nitrogen and oxygen atoms in total. The third-order valence-electron chi connectivity index (χ3n) is 3.65. The first-order valence-corrected chi connectivity index (χ1v) is 8.39. The topological polar surface area (TPSA) is 61.7 Å². The molecule has 0 fully saturated rings. The van der Waals surface area contributed by atoms with Crippen LogP contribution in [0.4, 0.5) is 0 Å². The van der Waals surface area contributed by atoms with Crippen LogP contribution >= 0.6 is 11.6 Å². The Morgan fingerprint density at radius 1 is 1.28 bits per heavy atom. The number of hydrogen-bond donors (Lipinski definition) is 1. The van der Waals surface area contributed by atoms with E-state index < -0.39 is 0 Å². The maximum atomic E-state index is 9.61. The monoisotopic (exact) mass is 351 g/mol. The highest BCUT2D eigenvalue weighted by Crippen LogP contribution is 2.28. The van der Waals surface area contributed by atoms with Crippen LogP contribution < -0.4 is 4.74 Å². The molecule has 0 aliphatic carbocycles. The van der Waals surface area contributed by atoms with Gasteiger partial charge in [-0.15, -0.1) is 0 Å². The third kappa shape index (κ3) is 3.84. The number of aromatic nitrogens is 2. The fourth-order valence-electron chi connectivity index (χ4n) is 2.55. The zero-order chi connectivity index (χ0) is 18.0. The number of benzene rings is 2. The number of H-pyrrole nitrogens is 1. The number of imidazole rings is 1. The summed E-state index contributed by atoms with van der Waals surface area (Å²) >= 11 is 6.12. The second-order valence-corrected chi connectivity index (χ2v) is 6.56. The van der Waals surface area contributed by atoms with Crippen LogP contribution in [-0.4, -0.2) is 16.1 Å². The second kappa shape index (κ2) is 7.00. The standard InChI is InChI=1S/C20H18ClN3O/c1-12(2)25-19-7-5-16(21)10-14(19)9-15(11-22)20-23-17-6-4-13(3)8-18(17)24-20/h4-10,12H,1-3H3,(H,23,24)/b15-9-. The van der Waals surface area contributed by atoms with E-state index >= 15 is 0 Å². The summed E-state index contributed by atoms with van der Waals surface area (Å²) in [7, 11) is 0. The number of ether oxygens (including phenoxy) is 1. The van der Waals surface area contributed by atoms with Crippen LogP contribution in [0.2, 0.25) is 5.02 Å². The number of fused-ring (bicyclic) bond motifs is 1. The van der Waals surface area contributed by atoms with Crippen LogP contribution in [0.25, 0.3) is 22.7 Å². The van der Waals surface area contributed by atoms with Crippen molar-refractivity contribution in [3.05, 3.63) is 58.4 Å². The smallest absolute Gasteiger partial charge is 0.149 e. The molecule has 5 heteroatoms. The first-order valence-electron chi connectivity index (χ1n) is 8.01. The number of allylic oxidation sites excluding steroid dienone is 1. The van der Waals surface area contributed by atoms with Gasteiger partial charge in [-0.3, -0.25) is 0 Å². The minimum Gasteiger partial charge on any atom is -0.490 e. The Morgan fingerprint density at radius 3 is 2.80 bits per heavy atom. The molecule has 1 aromatic heterocycles. The van der Waals surface area contributed by atoms with Gasteiger partial charge in [0.25, 0.3) is 0 Å². The molecule has 0 spiro atoms. The van der Waals surface area contributed by atoms with Gasteiger partial charge in [0.05, 0.1) is 22.7 Å². The van der Waals surface area contributed by atoms with E-state index in [9.17, 15) is 5.26 Å². The predicted octanol–water partition coefficient (Wildman–Crippen LogP) is 5.38. The molecular formula is C20H18ClN3O. The first-order chi connectivity index (χ1) is 12.0. The van der Waals surface area contributed by atoms with Gasteiger partial charge < -0.3 is 9.72 Å². The first kappa shape index (κ1) is 17.1. The van der Waals surface area contributed by atoms with Gasteiger partial charge in [0.2, 0.25) is 0 Å². The number of rotatable bonds is 4. The van der Waals surface area contributed by atoms with Crippen LogP contribution in [0.5, 0.6) is 5.75 Å². The van der Waals surface area contributed by atoms with Crippen molar-refractivity contribution in [3.8, 4) is 11.8 Å². The van der Waals surface area contributed by atoms with Gasteiger partial charge in [-0.05, 0) is 62.7 Å². The minimum atomic E-state index is 0.0213. The lowest BCUT2D eigenvalue weighted by Gasteiger charge is -2.12. The average molecular weight is 352 g/mol. The maximum Gasteiger partial charge on any atom is 0.149 e. The summed E-state index contributed by atoms with van der Waals surface area (Å²) in [4.78, 5) is 7.72. The molecule has 0 saturated carbocycles. The van der Waals surface area contributed by atoms with E-state index in [-0.39, 0.29) is 6.10 Å². The van der Waals surface area contributed by atoms with E-state index in [1.165, 1.54) is 0 Å². The number of nitrogens with zero attached hydrogens (tertiary/aromatic N) is 2. The summed E-state index contributed by atoms with van der Waals surface area (Å²) < 4.78 is 5.81. The summed E-state index contributed by atoms with van der Waals surface area (Å²) in [5, 5.41) is 10.2. The van der Waals surface area contributed by atoms with Gasteiger partial charge >= 0.3 is 0 Å². The largest absolute Gasteiger partial charge is 0.490 e.